The van der Waals surface area contributed by atoms with Crippen LogP contribution in [0.25, 0.3) is 12.2 Å². The Hall–Kier alpha value is -6.86. The van der Waals surface area contributed by atoms with Crippen LogP contribution in [0.1, 0.15) is 18.1 Å². The first-order valence-corrected chi connectivity index (χ1v) is 21.5. The lowest BCUT2D eigenvalue weighted by Crippen LogP contribution is -2.27. The van der Waals surface area contributed by atoms with Gasteiger partial charge in [-0.15, -0.1) is 0 Å². The molecule has 1 heterocycles. The Labute approximate surface area is 336 Å². The van der Waals surface area contributed by atoms with Gasteiger partial charge in [-0.05, 0) is 71.8 Å². The van der Waals surface area contributed by atoms with Crippen molar-refractivity contribution in [2.45, 2.75) is 26.5 Å². The summed E-state index contributed by atoms with van der Waals surface area (Å²) >= 11 is 0. The van der Waals surface area contributed by atoms with E-state index in [-0.39, 0.29) is 33.9 Å². The van der Waals surface area contributed by atoms with Gasteiger partial charge in [-0.2, -0.15) is 43.8 Å². The number of rotatable bonds is 11. The number of aromatic amines is 2. The lowest BCUT2D eigenvalue weighted by Gasteiger charge is -2.10. The monoisotopic (exact) mass is 907 g/mol. The van der Waals surface area contributed by atoms with Gasteiger partial charge in [-0.1, -0.05) is 18.2 Å². The van der Waals surface area contributed by atoms with Crippen LogP contribution in [0.4, 0.5) is 17.1 Å². The minimum Gasteiger partial charge on any atom is -0.480 e. The molecule has 0 fully saturated rings. The molecule has 29 heteroatoms. The largest absolute Gasteiger partial charge is 0.480 e. The SMILES string of the molecule is CC(=O)N=C1C=C(N=c2nc(O)[nH]c(=Nc3cc(S(=O)(=O)O)ccc3S(=O)(=O)O)[nH]2)C=CC1=NNc1ccc(/C=C/c2ccc([N+](=O)[O-])c(S(=O)(=O)O)c2)c(S(=O)(=O)O)c1. The van der Waals surface area contributed by atoms with E-state index < -0.39 is 99.5 Å². The summed E-state index contributed by atoms with van der Waals surface area (Å²) < 4.78 is 133. The molecule has 314 valence electrons. The number of hydrogen-bond acceptors (Lipinski definition) is 17. The van der Waals surface area contributed by atoms with Gasteiger partial charge in [0.05, 0.1) is 32.6 Å². The molecule has 3 aromatic carbocycles. The van der Waals surface area contributed by atoms with Gasteiger partial charge < -0.3 is 5.11 Å². The van der Waals surface area contributed by atoms with Crippen LogP contribution in [0.5, 0.6) is 6.01 Å². The number of hydrogen-bond donors (Lipinski definition) is 8. The van der Waals surface area contributed by atoms with Gasteiger partial charge in [-0.3, -0.25) is 48.5 Å². The molecule has 25 nitrogen and oxygen atoms in total. The number of allylic oxidation sites excluding steroid dienone is 3. The Balaban J connectivity index is 1.47. The molecule has 0 saturated heterocycles. The second-order valence-corrected chi connectivity index (χ2v) is 17.3. The summed E-state index contributed by atoms with van der Waals surface area (Å²) in [6.07, 6.45) is 6.12. The number of carbonyl (C=O) groups is 1. The maximum Gasteiger partial charge on any atom is 0.301 e. The lowest BCUT2D eigenvalue weighted by molar-refractivity contribution is -0.387. The number of nitrogens with one attached hydrogen (secondary N) is 3. The smallest absolute Gasteiger partial charge is 0.301 e. The highest BCUT2D eigenvalue weighted by molar-refractivity contribution is 7.86. The summed E-state index contributed by atoms with van der Waals surface area (Å²) in [5.41, 5.74) is -0.283. The minimum absolute atomic E-state index is 0.00257. The number of nitro groups is 1. The van der Waals surface area contributed by atoms with E-state index in [0.29, 0.717) is 18.2 Å². The van der Waals surface area contributed by atoms with Gasteiger partial charge in [0.15, 0.2) is 4.90 Å². The average molecular weight is 908 g/mol. The number of benzene rings is 3. The molecular formula is C31H25N9O16S4. The van der Waals surface area contributed by atoms with E-state index in [9.17, 15) is 71.9 Å². The molecule has 1 aliphatic carbocycles. The quantitative estimate of drug-likeness (QED) is 0.0348. The molecular weight excluding hydrogens is 883 g/mol. The highest BCUT2D eigenvalue weighted by Crippen LogP contribution is 2.29. The van der Waals surface area contributed by atoms with Crippen molar-refractivity contribution >= 4 is 87.0 Å². The van der Waals surface area contributed by atoms with Crippen molar-refractivity contribution in [3.05, 3.63) is 111 Å². The van der Waals surface area contributed by atoms with E-state index in [1.165, 1.54) is 30.4 Å². The predicted molar refractivity (Wildman–Crippen MR) is 206 cm³/mol. The molecule has 0 aliphatic heterocycles. The van der Waals surface area contributed by atoms with Gasteiger partial charge in [0.1, 0.15) is 15.5 Å². The maximum absolute atomic E-state index is 12.3. The zero-order chi connectivity index (χ0) is 44.4. The highest BCUT2D eigenvalue weighted by Gasteiger charge is 2.24. The molecule has 0 bridgehead atoms. The Kier molecular flexibility index (Phi) is 12.4. The third kappa shape index (κ3) is 11.2. The van der Waals surface area contributed by atoms with Crippen LogP contribution in [0.2, 0.25) is 0 Å². The molecule has 0 saturated carbocycles. The number of H-pyrrole nitrogens is 2. The highest BCUT2D eigenvalue weighted by atomic mass is 32.2. The number of nitrogens with zero attached hydrogens (tertiary/aromatic N) is 6. The Morgan fingerprint density at radius 2 is 1.47 bits per heavy atom. The van der Waals surface area contributed by atoms with Crippen LogP contribution in [0, 0.1) is 10.1 Å². The maximum atomic E-state index is 12.3. The van der Waals surface area contributed by atoms with Gasteiger partial charge >= 0.3 is 10.1 Å². The molecule has 4 aromatic rings. The third-order valence-electron chi connectivity index (χ3n) is 7.39. The molecule has 1 amide bonds. The average Bonchev–Trinajstić information content (AvgIpc) is 3.11. The third-order valence-corrected chi connectivity index (χ3v) is 10.9. The van der Waals surface area contributed by atoms with E-state index in [4.69, 9.17) is 0 Å². The van der Waals surface area contributed by atoms with E-state index in [0.717, 1.165) is 43.3 Å². The topological polar surface area (TPSA) is 404 Å². The van der Waals surface area contributed by atoms with Crippen molar-refractivity contribution in [1.29, 1.82) is 0 Å². The van der Waals surface area contributed by atoms with Crippen LogP contribution in [-0.4, -0.2) is 94.2 Å². The molecule has 8 N–H and O–H groups in total. The van der Waals surface area contributed by atoms with Crippen molar-refractivity contribution in [1.82, 2.24) is 15.0 Å². The van der Waals surface area contributed by atoms with E-state index in [1.54, 1.807) is 0 Å². The standard InChI is InChI=1S/C31H25N9O16S4/c1-16(41)32-23-13-19(33-29-35-30(37-31(42)36-29)34-24-15-21(57(45,46)47)8-11-26(24)58(48,49)50)7-9-22(23)39-38-20-6-5-18(27(14-20)59(51,52)53)4-2-17-3-10-25(40(43)44)28(12-17)60(54,55)56/h2-15,38H,1H3,(H,45,46,47)(H,48,49,50)(H,51,52,53)(H,54,55,56)(H3,33,34,35,36,37,42)/b4-2+,32-23?,39-22?. The van der Waals surface area contributed by atoms with Crippen molar-refractivity contribution < 1.29 is 66.7 Å². The number of aliphatic imine (C=N–C) groups is 1. The number of nitro benzene ring substituents is 1. The Morgan fingerprint density at radius 1 is 0.783 bits per heavy atom. The summed E-state index contributed by atoms with van der Waals surface area (Å²) in [5.74, 6) is -0.704. The zero-order valence-corrected chi connectivity index (χ0v) is 32.9. The lowest BCUT2D eigenvalue weighted by atomic mass is 10.1. The molecule has 1 aliphatic rings. The van der Waals surface area contributed by atoms with Gasteiger partial charge in [-0.25, -0.2) is 15.0 Å². The fraction of sp³-hybridized carbons (Fsp3) is 0.0323. The Morgan fingerprint density at radius 3 is 2.08 bits per heavy atom. The second-order valence-electron chi connectivity index (χ2n) is 11.7. The van der Waals surface area contributed by atoms with Crippen molar-refractivity contribution in [2.75, 3.05) is 5.43 Å². The second kappa shape index (κ2) is 16.8. The van der Waals surface area contributed by atoms with Crippen LogP contribution >= 0.6 is 0 Å². The molecule has 0 spiro atoms. The number of aromatic hydroxyl groups is 1. The summed E-state index contributed by atoms with van der Waals surface area (Å²) in [6, 6.07) is 7.32. The van der Waals surface area contributed by atoms with Crippen LogP contribution in [0.15, 0.2) is 118 Å². The molecule has 0 radical (unpaired) electrons. The van der Waals surface area contributed by atoms with E-state index in [1.807, 2.05) is 0 Å². The predicted octanol–water partition coefficient (Wildman–Crippen LogP) is 1.55. The molecule has 60 heavy (non-hydrogen) atoms. The normalized spacial score (nSPS) is 15.8. The first-order valence-electron chi connectivity index (χ1n) is 15.7. The van der Waals surface area contributed by atoms with Crippen molar-refractivity contribution in [2.24, 2.45) is 20.1 Å². The van der Waals surface area contributed by atoms with E-state index in [2.05, 4.69) is 40.5 Å². The summed E-state index contributed by atoms with van der Waals surface area (Å²) in [6.45, 7) is 1.11. The van der Waals surface area contributed by atoms with Crippen LogP contribution in [0.3, 0.4) is 0 Å². The molecule has 0 atom stereocenters. The number of anilines is 1. The van der Waals surface area contributed by atoms with Gasteiger partial charge in [0.25, 0.3) is 42.1 Å². The summed E-state index contributed by atoms with van der Waals surface area (Å²) in [4.78, 5) is 39.1. The van der Waals surface area contributed by atoms with E-state index >= 15 is 0 Å². The summed E-state index contributed by atoms with van der Waals surface area (Å²) in [7, 11) is -19.8. The minimum atomic E-state index is -5.02. The van der Waals surface area contributed by atoms with Gasteiger partial charge in [0.2, 0.25) is 17.1 Å². The zero-order valence-electron chi connectivity index (χ0n) is 29.6. The number of aromatic nitrogens is 3. The number of hydrazone groups is 1. The fourth-order valence-electron chi connectivity index (χ4n) is 4.92. The number of amides is 1. The first-order chi connectivity index (χ1) is 27.8. The van der Waals surface area contributed by atoms with Crippen molar-refractivity contribution in [3.8, 4) is 6.01 Å². The van der Waals surface area contributed by atoms with Crippen LogP contribution < -0.4 is 16.7 Å². The number of carbonyl (C=O) groups excluding carboxylic acids is 1. The molecule has 5 rings (SSSR count). The molecule has 1 aromatic heterocycles. The molecule has 0 unspecified atom stereocenters. The summed E-state index contributed by atoms with van der Waals surface area (Å²) in [5, 5.41) is 25.5. The first kappa shape index (κ1) is 44.2. The van der Waals surface area contributed by atoms with Crippen LogP contribution in [-0.2, 0) is 45.3 Å². The Bertz CT molecular complexity index is 3260. The fourth-order valence-corrected chi connectivity index (χ4v) is 7.43. The van der Waals surface area contributed by atoms with Crippen molar-refractivity contribution in [3.63, 3.8) is 0 Å². The van der Waals surface area contributed by atoms with Gasteiger partial charge in [0, 0.05) is 13.0 Å².